The number of hydrogen-bond donors (Lipinski definition) is 0. The van der Waals surface area contributed by atoms with Crippen LogP contribution in [0.2, 0.25) is 0 Å². The number of alkyl halides is 3. The van der Waals surface area contributed by atoms with E-state index in [0.29, 0.717) is 44.1 Å². The van der Waals surface area contributed by atoms with Crippen LogP contribution in [0.1, 0.15) is 58.3 Å². The number of carbonyl (C=O) groups is 3. The largest absolute Gasteiger partial charge is 0.463 e. The molecular weight excluding hydrogens is 381 g/mol. The molecule has 160 valence electrons. The van der Waals surface area contributed by atoms with Crippen LogP contribution in [0.15, 0.2) is 12.2 Å². The topological polar surface area (TPSA) is 78.9 Å². The van der Waals surface area contributed by atoms with Gasteiger partial charge in [0.25, 0.3) is 0 Å². The smallest absolute Gasteiger partial charge is 0.389 e. The zero-order chi connectivity index (χ0) is 21.2. The van der Waals surface area contributed by atoms with E-state index in [1.807, 2.05) is 0 Å². The van der Waals surface area contributed by atoms with Gasteiger partial charge in [-0.3, -0.25) is 4.79 Å². The van der Waals surface area contributed by atoms with E-state index < -0.39 is 37.1 Å². The molecule has 0 heterocycles. The summed E-state index contributed by atoms with van der Waals surface area (Å²) in [6.45, 7) is 4.55. The van der Waals surface area contributed by atoms with Crippen molar-refractivity contribution in [1.29, 1.82) is 0 Å². The van der Waals surface area contributed by atoms with Crippen molar-refractivity contribution in [3.05, 3.63) is 12.2 Å². The highest BCUT2D eigenvalue weighted by Gasteiger charge is 2.30. The van der Waals surface area contributed by atoms with Gasteiger partial charge in [-0.2, -0.15) is 13.2 Å². The van der Waals surface area contributed by atoms with Gasteiger partial charge in [0.15, 0.2) is 6.61 Å². The number of carbonyl (C=O) groups excluding carboxylic acids is 3. The van der Waals surface area contributed by atoms with Gasteiger partial charge in [-0.15, -0.1) is 0 Å². The van der Waals surface area contributed by atoms with E-state index >= 15 is 0 Å². The molecule has 1 saturated carbocycles. The summed E-state index contributed by atoms with van der Waals surface area (Å²) in [4.78, 5) is 35.0. The third kappa shape index (κ3) is 10.3. The number of rotatable bonds is 10. The Labute approximate surface area is 162 Å². The number of hydrogen-bond acceptors (Lipinski definition) is 6. The monoisotopic (exact) mass is 408 g/mol. The number of ether oxygens (including phenoxy) is 3. The third-order valence-electron chi connectivity index (χ3n) is 4.33. The minimum absolute atomic E-state index is 0.00651. The number of unbranched alkanes of at least 4 members (excludes halogenated alkanes) is 2. The first-order chi connectivity index (χ1) is 13.1. The lowest BCUT2D eigenvalue weighted by Gasteiger charge is -2.27. The molecule has 1 aliphatic carbocycles. The summed E-state index contributed by atoms with van der Waals surface area (Å²) >= 11 is 0. The van der Waals surface area contributed by atoms with Crippen LogP contribution in [0.25, 0.3) is 0 Å². The summed E-state index contributed by atoms with van der Waals surface area (Å²) in [6.07, 6.45) is -2.64. The first-order valence-corrected chi connectivity index (χ1v) is 9.34. The molecule has 0 radical (unpaired) electrons. The zero-order valence-electron chi connectivity index (χ0n) is 16.0. The highest BCUT2D eigenvalue weighted by atomic mass is 19.4. The number of halogens is 3. The van der Waals surface area contributed by atoms with Crippen molar-refractivity contribution in [2.24, 2.45) is 5.92 Å². The van der Waals surface area contributed by atoms with Crippen LogP contribution in [0.4, 0.5) is 13.2 Å². The molecule has 0 atom stereocenters. The van der Waals surface area contributed by atoms with Crippen LogP contribution in [-0.4, -0.2) is 43.4 Å². The highest BCUT2D eigenvalue weighted by Crippen LogP contribution is 2.27. The summed E-state index contributed by atoms with van der Waals surface area (Å²) in [5.41, 5.74) is 0.320. The van der Waals surface area contributed by atoms with Crippen molar-refractivity contribution in [2.45, 2.75) is 70.6 Å². The van der Waals surface area contributed by atoms with Gasteiger partial charge in [0.05, 0.1) is 12.5 Å². The molecule has 28 heavy (non-hydrogen) atoms. The average Bonchev–Trinajstić information content (AvgIpc) is 2.62. The Balaban J connectivity index is 2.12. The van der Waals surface area contributed by atoms with Gasteiger partial charge in [0.1, 0.15) is 6.10 Å². The van der Waals surface area contributed by atoms with Gasteiger partial charge >= 0.3 is 24.1 Å². The van der Waals surface area contributed by atoms with Crippen LogP contribution < -0.4 is 0 Å². The summed E-state index contributed by atoms with van der Waals surface area (Å²) in [6, 6.07) is 0. The molecule has 0 unspecified atom stereocenters. The standard InChI is InChI=1S/C19H27F3O6/c1-13(2)17(24)28-15-8-6-14(7-9-15)18(25)27-12-16(23)26-11-5-3-4-10-19(20,21)22/h14-15H,1,3-12H2,2H3. The third-order valence-corrected chi connectivity index (χ3v) is 4.33. The normalized spacial score (nSPS) is 19.6. The Morgan fingerprint density at radius 1 is 1.00 bits per heavy atom. The molecule has 9 heteroatoms. The first-order valence-electron chi connectivity index (χ1n) is 9.34. The molecule has 6 nitrogen and oxygen atoms in total. The fourth-order valence-electron chi connectivity index (χ4n) is 2.75. The van der Waals surface area contributed by atoms with Gasteiger partial charge in [-0.25, -0.2) is 9.59 Å². The molecule has 0 aromatic carbocycles. The minimum Gasteiger partial charge on any atom is -0.463 e. The van der Waals surface area contributed by atoms with Crippen LogP contribution in [0.5, 0.6) is 0 Å². The Bertz CT molecular complexity index is 550. The molecule has 0 amide bonds. The predicted molar refractivity (Wildman–Crippen MR) is 93.1 cm³/mol. The summed E-state index contributed by atoms with van der Waals surface area (Å²) in [5.74, 6) is -2.05. The SMILES string of the molecule is C=C(C)C(=O)OC1CCC(C(=O)OCC(=O)OCCCCCC(F)(F)F)CC1. The lowest BCUT2D eigenvalue weighted by Crippen LogP contribution is -2.30. The van der Waals surface area contributed by atoms with E-state index in [2.05, 4.69) is 6.58 Å². The molecular formula is C19H27F3O6. The van der Waals surface area contributed by atoms with E-state index in [0.717, 1.165) is 0 Å². The molecule has 0 aromatic heterocycles. The summed E-state index contributed by atoms with van der Waals surface area (Å²) in [5, 5.41) is 0. The fourth-order valence-corrected chi connectivity index (χ4v) is 2.75. The van der Waals surface area contributed by atoms with E-state index in [9.17, 15) is 27.6 Å². The molecule has 0 bridgehead atoms. The molecule has 0 spiro atoms. The lowest BCUT2D eigenvalue weighted by atomic mass is 9.87. The lowest BCUT2D eigenvalue weighted by molar-refractivity contribution is -0.163. The Kier molecular flexibility index (Phi) is 10.0. The van der Waals surface area contributed by atoms with Crippen molar-refractivity contribution in [3.63, 3.8) is 0 Å². The van der Waals surface area contributed by atoms with E-state index in [1.165, 1.54) is 0 Å². The van der Waals surface area contributed by atoms with Gasteiger partial charge < -0.3 is 14.2 Å². The second-order valence-electron chi connectivity index (χ2n) is 6.91. The fraction of sp³-hybridized carbons (Fsp3) is 0.737. The minimum atomic E-state index is -4.17. The molecule has 0 N–H and O–H groups in total. The molecule has 0 saturated heterocycles. The van der Waals surface area contributed by atoms with Crippen molar-refractivity contribution >= 4 is 17.9 Å². The first kappa shape index (κ1) is 24.0. The Hall–Kier alpha value is -2.06. The maximum Gasteiger partial charge on any atom is 0.389 e. The van der Waals surface area contributed by atoms with Crippen LogP contribution >= 0.6 is 0 Å². The average molecular weight is 408 g/mol. The molecule has 1 rings (SSSR count). The van der Waals surface area contributed by atoms with E-state index in [1.54, 1.807) is 6.92 Å². The van der Waals surface area contributed by atoms with Crippen molar-refractivity contribution in [2.75, 3.05) is 13.2 Å². The van der Waals surface area contributed by atoms with E-state index in [4.69, 9.17) is 14.2 Å². The maximum absolute atomic E-state index is 12.0. The van der Waals surface area contributed by atoms with Crippen molar-refractivity contribution in [1.82, 2.24) is 0 Å². The van der Waals surface area contributed by atoms with Crippen LogP contribution in [0, 0.1) is 5.92 Å². The predicted octanol–water partition coefficient (Wildman–Crippen LogP) is 3.87. The second kappa shape index (κ2) is 11.7. The summed E-state index contributed by atoms with van der Waals surface area (Å²) in [7, 11) is 0. The maximum atomic E-state index is 12.0. The van der Waals surface area contributed by atoms with Crippen molar-refractivity contribution < 1.29 is 41.8 Å². The van der Waals surface area contributed by atoms with Crippen LogP contribution in [0.3, 0.4) is 0 Å². The molecule has 0 aromatic rings. The zero-order valence-corrected chi connectivity index (χ0v) is 16.0. The quantitative estimate of drug-likeness (QED) is 0.236. The molecule has 0 aliphatic heterocycles. The Morgan fingerprint density at radius 3 is 2.21 bits per heavy atom. The Morgan fingerprint density at radius 2 is 1.64 bits per heavy atom. The van der Waals surface area contributed by atoms with Gasteiger partial charge in [0, 0.05) is 12.0 Å². The van der Waals surface area contributed by atoms with Gasteiger partial charge in [-0.05, 0) is 51.9 Å². The molecule has 1 fully saturated rings. The summed E-state index contributed by atoms with van der Waals surface area (Å²) < 4.78 is 50.9. The van der Waals surface area contributed by atoms with Crippen molar-refractivity contribution in [3.8, 4) is 0 Å². The molecule has 1 aliphatic rings. The highest BCUT2D eigenvalue weighted by molar-refractivity contribution is 5.87. The van der Waals surface area contributed by atoms with Crippen LogP contribution in [-0.2, 0) is 28.6 Å². The van der Waals surface area contributed by atoms with Gasteiger partial charge in [-0.1, -0.05) is 6.58 Å². The van der Waals surface area contributed by atoms with E-state index in [-0.39, 0.29) is 25.0 Å². The van der Waals surface area contributed by atoms with Gasteiger partial charge in [0.2, 0.25) is 0 Å². The second-order valence-corrected chi connectivity index (χ2v) is 6.91. The number of esters is 3.